The molecule has 318 valence electrons. The predicted octanol–water partition coefficient (Wildman–Crippen LogP) is 14.2. The van der Waals surface area contributed by atoms with Gasteiger partial charge in [-0.15, -0.1) is 0 Å². The lowest BCUT2D eigenvalue weighted by Gasteiger charge is -2.23. The highest BCUT2D eigenvalue weighted by molar-refractivity contribution is 5.76. The second kappa shape index (κ2) is 44.1. The largest absolute Gasteiger partial charge is 0.394 e. The van der Waals surface area contributed by atoms with Crippen LogP contribution < -0.4 is 5.32 Å². The molecule has 0 spiro atoms. The standard InChI is InChI=1S/C48H97NO4/c1-3-5-7-9-11-13-15-17-19-21-23-25-27-29-31-33-35-37-39-41-45(51)43-48(53)49-46(44-50)47(52)42-40-38-36-34-32-30-28-26-24-22-20-18-16-14-12-10-8-6-4-2/h45-47,50-52H,3-44H2,1-2H3,(H,49,53). The van der Waals surface area contributed by atoms with Gasteiger partial charge in [0.2, 0.25) is 5.91 Å². The Hall–Kier alpha value is -0.650. The zero-order valence-corrected chi connectivity index (χ0v) is 36.2. The van der Waals surface area contributed by atoms with E-state index in [0.717, 1.165) is 25.7 Å². The van der Waals surface area contributed by atoms with Crippen molar-refractivity contribution in [1.29, 1.82) is 0 Å². The van der Waals surface area contributed by atoms with Crippen LogP contribution >= 0.6 is 0 Å². The molecule has 0 radical (unpaired) electrons. The van der Waals surface area contributed by atoms with Crippen LogP contribution in [-0.4, -0.2) is 46.1 Å². The van der Waals surface area contributed by atoms with Crippen LogP contribution in [0, 0.1) is 0 Å². The van der Waals surface area contributed by atoms with Gasteiger partial charge in [-0.1, -0.05) is 258 Å². The minimum absolute atomic E-state index is 0.0432. The molecule has 4 N–H and O–H groups in total. The quantitative estimate of drug-likeness (QED) is 0.0466. The van der Waals surface area contributed by atoms with Crippen LogP contribution in [-0.2, 0) is 4.79 Å². The fraction of sp³-hybridized carbons (Fsp3) is 0.979. The van der Waals surface area contributed by atoms with E-state index in [1.54, 1.807) is 0 Å². The van der Waals surface area contributed by atoms with Crippen molar-refractivity contribution in [3.05, 3.63) is 0 Å². The average molecular weight is 752 g/mol. The topological polar surface area (TPSA) is 89.8 Å². The summed E-state index contributed by atoms with van der Waals surface area (Å²) < 4.78 is 0. The van der Waals surface area contributed by atoms with E-state index in [2.05, 4.69) is 19.2 Å². The Kier molecular flexibility index (Phi) is 43.5. The molecule has 0 saturated carbocycles. The van der Waals surface area contributed by atoms with Crippen molar-refractivity contribution in [2.45, 2.75) is 295 Å². The SMILES string of the molecule is CCCCCCCCCCCCCCCCCCCCCC(O)CC(=O)NC(CO)C(O)CCCCCCCCCCCCCCCCCCCCC. The summed E-state index contributed by atoms with van der Waals surface area (Å²) in [5.74, 6) is -0.276. The molecule has 5 nitrogen and oxygen atoms in total. The fourth-order valence-electron chi connectivity index (χ4n) is 7.94. The molecule has 5 heteroatoms. The van der Waals surface area contributed by atoms with Crippen LogP contribution in [0.2, 0.25) is 0 Å². The highest BCUT2D eigenvalue weighted by Gasteiger charge is 2.21. The Morgan fingerprint density at radius 2 is 0.642 bits per heavy atom. The smallest absolute Gasteiger partial charge is 0.222 e. The lowest BCUT2D eigenvalue weighted by molar-refractivity contribution is -0.125. The molecule has 3 unspecified atom stereocenters. The van der Waals surface area contributed by atoms with Gasteiger partial charge < -0.3 is 20.6 Å². The molecule has 3 atom stereocenters. The minimum atomic E-state index is -0.744. The maximum atomic E-state index is 12.5. The maximum Gasteiger partial charge on any atom is 0.222 e. The first-order chi connectivity index (χ1) is 26.0. The van der Waals surface area contributed by atoms with Crippen LogP contribution in [0.15, 0.2) is 0 Å². The molecule has 0 aromatic rings. The Balaban J connectivity index is 3.54. The van der Waals surface area contributed by atoms with E-state index >= 15 is 0 Å². The molecule has 0 aliphatic carbocycles. The van der Waals surface area contributed by atoms with Crippen molar-refractivity contribution in [3.8, 4) is 0 Å². The van der Waals surface area contributed by atoms with Gasteiger partial charge in [-0.2, -0.15) is 0 Å². The van der Waals surface area contributed by atoms with E-state index in [4.69, 9.17) is 0 Å². The molecule has 0 aromatic carbocycles. The van der Waals surface area contributed by atoms with Crippen LogP contribution in [0.3, 0.4) is 0 Å². The number of hydrogen-bond acceptors (Lipinski definition) is 4. The first-order valence-electron chi connectivity index (χ1n) is 24.3. The van der Waals surface area contributed by atoms with E-state index in [1.807, 2.05) is 0 Å². The minimum Gasteiger partial charge on any atom is -0.394 e. The van der Waals surface area contributed by atoms with E-state index in [-0.39, 0.29) is 18.9 Å². The van der Waals surface area contributed by atoms with Gasteiger partial charge in [0.05, 0.1) is 31.3 Å². The van der Waals surface area contributed by atoms with Crippen LogP contribution in [0.5, 0.6) is 0 Å². The molecule has 0 aliphatic heterocycles. The number of aliphatic hydroxyl groups is 3. The number of nitrogens with one attached hydrogen (secondary N) is 1. The molecule has 0 saturated heterocycles. The number of aliphatic hydroxyl groups excluding tert-OH is 3. The molecule has 53 heavy (non-hydrogen) atoms. The highest BCUT2D eigenvalue weighted by Crippen LogP contribution is 2.18. The second-order valence-corrected chi connectivity index (χ2v) is 17.1. The molecule has 0 bridgehead atoms. The monoisotopic (exact) mass is 752 g/mol. The molecule has 0 aromatic heterocycles. The summed E-state index contributed by atoms with van der Waals surface area (Å²) in [7, 11) is 0. The maximum absolute atomic E-state index is 12.5. The van der Waals surface area contributed by atoms with Crippen LogP contribution in [0.4, 0.5) is 0 Å². The molecule has 0 rings (SSSR count). The summed E-state index contributed by atoms with van der Waals surface area (Å²) in [6.45, 7) is 4.29. The molecule has 1 amide bonds. The number of unbranched alkanes of at least 4 members (excludes halogenated alkanes) is 36. The summed E-state index contributed by atoms with van der Waals surface area (Å²) in [4.78, 5) is 12.5. The molecule has 0 heterocycles. The molecule has 0 aliphatic rings. The van der Waals surface area contributed by atoms with Gasteiger partial charge in [0, 0.05) is 0 Å². The number of hydrogen-bond donors (Lipinski definition) is 4. The third kappa shape index (κ3) is 40.8. The van der Waals surface area contributed by atoms with Crippen molar-refractivity contribution in [1.82, 2.24) is 5.32 Å². The summed E-state index contributed by atoms with van der Waals surface area (Å²) in [5.41, 5.74) is 0. The van der Waals surface area contributed by atoms with Crippen molar-refractivity contribution in [3.63, 3.8) is 0 Å². The summed E-state index contributed by atoms with van der Waals surface area (Å²) in [6, 6.07) is -0.653. The Morgan fingerprint density at radius 3 is 0.906 bits per heavy atom. The summed E-state index contributed by atoms with van der Waals surface area (Å²) >= 11 is 0. The molecular weight excluding hydrogens is 655 g/mol. The summed E-state index contributed by atoms with van der Waals surface area (Å²) in [5, 5.41) is 33.5. The average Bonchev–Trinajstić information content (AvgIpc) is 3.15. The van der Waals surface area contributed by atoms with Crippen molar-refractivity contribution in [2.24, 2.45) is 0 Å². The fourth-order valence-corrected chi connectivity index (χ4v) is 7.94. The third-order valence-corrected chi connectivity index (χ3v) is 11.7. The van der Waals surface area contributed by atoms with Crippen molar-refractivity contribution < 1.29 is 20.1 Å². The number of rotatable bonds is 45. The normalized spacial score (nSPS) is 13.4. The predicted molar refractivity (Wildman–Crippen MR) is 232 cm³/mol. The van der Waals surface area contributed by atoms with E-state index < -0.39 is 18.2 Å². The van der Waals surface area contributed by atoms with Gasteiger partial charge >= 0.3 is 0 Å². The van der Waals surface area contributed by atoms with Gasteiger partial charge in [0.25, 0.3) is 0 Å². The van der Waals surface area contributed by atoms with Gasteiger partial charge in [0.15, 0.2) is 0 Å². The van der Waals surface area contributed by atoms with E-state index in [0.29, 0.717) is 12.8 Å². The summed E-state index contributed by atoms with van der Waals surface area (Å²) in [6.07, 6.45) is 50.8. The molecule has 0 fully saturated rings. The number of amides is 1. The lowest BCUT2D eigenvalue weighted by atomic mass is 10.0. The van der Waals surface area contributed by atoms with Gasteiger partial charge in [-0.25, -0.2) is 0 Å². The van der Waals surface area contributed by atoms with Gasteiger partial charge in [-0.05, 0) is 12.8 Å². The first kappa shape index (κ1) is 52.3. The third-order valence-electron chi connectivity index (χ3n) is 11.7. The van der Waals surface area contributed by atoms with Gasteiger partial charge in [0.1, 0.15) is 0 Å². The van der Waals surface area contributed by atoms with E-state index in [1.165, 1.54) is 218 Å². The Bertz CT molecular complexity index is 703. The zero-order chi connectivity index (χ0) is 38.7. The Morgan fingerprint density at radius 1 is 0.396 bits per heavy atom. The number of carbonyl (C=O) groups excluding carboxylic acids is 1. The molecular formula is C48H97NO4. The van der Waals surface area contributed by atoms with Crippen molar-refractivity contribution in [2.75, 3.05) is 6.61 Å². The van der Waals surface area contributed by atoms with Crippen molar-refractivity contribution >= 4 is 5.91 Å². The van der Waals surface area contributed by atoms with E-state index in [9.17, 15) is 20.1 Å². The van der Waals surface area contributed by atoms with Crippen LogP contribution in [0.1, 0.15) is 277 Å². The lowest BCUT2D eigenvalue weighted by Crippen LogP contribution is -2.46. The Labute approximate surface area is 332 Å². The zero-order valence-electron chi connectivity index (χ0n) is 36.2. The second-order valence-electron chi connectivity index (χ2n) is 17.1. The van der Waals surface area contributed by atoms with Gasteiger partial charge in [-0.3, -0.25) is 4.79 Å². The first-order valence-corrected chi connectivity index (χ1v) is 24.3. The van der Waals surface area contributed by atoms with Crippen LogP contribution in [0.25, 0.3) is 0 Å². The number of carbonyl (C=O) groups is 1. The highest BCUT2D eigenvalue weighted by atomic mass is 16.3.